The van der Waals surface area contributed by atoms with Crippen molar-refractivity contribution >= 4 is 5.82 Å². The normalized spacial score (nSPS) is 18.2. The topological polar surface area (TPSA) is 75.3 Å². The van der Waals surface area contributed by atoms with Crippen LogP contribution in [0.15, 0.2) is 42.6 Å². The number of hydrogen-bond acceptors (Lipinski definition) is 5. The lowest BCUT2D eigenvalue weighted by molar-refractivity contribution is 0.0561. The number of nitrogens with two attached hydrogens (primary N) is 1. The molecular weight excluding hydrogens is 276 g/mol. The fraction of sp³-hybridized carbons (Fsp3) is 0.412. The molecule has 2 heterocycles. The number of aromatic nitrogens is 2. The molecule has 1 unspecified atom stereocenters. The zero-order valence-electron chi connectivity index (χ0n) is 12.6. The molecule has 2 aromatic rings. The second-order valence-electron chi connectivity index (χ2n) is 5.87. The van der Waals surface area contributed by atoms with Crippen molar-refractivity contribution in [3.8, 4) is 0 Å². The van der Waals surface area contributed by atoms with Gasteiger partial charge in [-0.25, -0.2) is 9.97 Å². The second kappa shape index (κ2) is 6.85. The lowest BCUT2D eigenvalue weighted by Gasteiger charge is -2.34. The van der Waals surface area contributed by atoms with Crippen LogP contribution in [0.4, 0.5) is 5.82 Å². The summed E-state index contributed by atoms with van der Waals surface area (Å²) in [6, 6.07) is 11.6. The maximum Gasteiger partial charge on any atom is 0.144 e. The van der Waals surface area contributed by atoms with Crippen molar-refractivity contribution in [1.29, 1.82) is 0 Å². The maximum absolute atomic E-state index is 10.5. The number of nitrogens with zero attached hydrogens (tertiary/aromatic N) is 3. The standard InChI is InChI=1S/C17H22N4O/c18-15-6-9-19-16(20-15)12-21-10-7-14(8-11-21)17(22)13-4-2-1-3-5-13/h1-6,9,14,17,22H,7-8,10-12H2,(H2,18,19,20). The molecule has 1 fully saturated rings. The summed E-state index contributed by atoms with van der Waals surface area (Å²) in [5.74, 6) is 1.60. The largest absolute Gasteiger partial charge is 0.388 e. The molecule has 5 heteroatoms. The Balaban J connectivity index is 1.54. The Kier molecular flexibility index (Phi) is 4.65. The van der Waals surface area contributed by atoms with Crippen LogP contribution in [0, 0.1) is 5.92 Å². The highest BCUT2D eigenvalue weighted by Crippen LogP contribution is 2.30. The maximum atomic E-state index is 10.5. The van der Waals surface area contributed by atoms with Crippen LogP contribution in [0.5, 0.6) is 0 Å². The first-order valence-corrected chi connectivity index (χ1v) is 7.75. The van der Waals surface area contributed by atoms with Crippen LogP contribution in [-0.2, 0) is 6.54 Å². The van der Waals surface area contributed by atoms with Gasteiger partial charge < -0.3 is 10.8 Å². The van der Waals surface area contributed by atoms with E-state index in [1.165, 1.54) is 0 Å². The van der Waals surface area contributed by atoms with Gasteiger partial charge in [-0.2, -0.15) is 0 Å². The van der Waals surface area contributed by atoms with Crippen LogP contribution in [0.3, 0.4) is 0 Å². The number of anilines is 1. The summed E-state index contributed by atoms with van der Waals surface area (Å²) in [6.07, 6.45) is 3.30. The van der Waals surface area contributed by atoms with Crippen molar-refractivity contribution in [2.24, 2.45) is 5.92 Å². The number of piperidine rings is 1. The van der Waals surface area contributed by atoms with Crippen molar-refractivity contribution < 1.29 is 5.11 Å². The fourth-order valence-corrected chi connectivity index (χ4v) is 3.04. The first-order valence-electron chi connectivity index (χ1n) is 7.75. The van der Waals surface area contributed by atoms with E-state index < -0.39 is 0 Å². The summed E-state index contributed by atoms with van der Waals surface area (Å²) in [5, 5.41) is 10.5. The third-order valence-electron chi connectivity index (χ3n) is 4.31. The minimum Gasteiger partial charge on any atom is -0.388 e. The van der Waals surface area contributed by atoms with Crippen LogP contribution >= 0.6 is 0 Å². The summed E-state index contributed by atoms with van der Waals surface area (Å²) in [6.45, 7) is 2.62. The van der Waals surface area contributed by atoms with Crippen molar-refractivity contribution in [2.45, 2.75) is 25.5 Å². The van der Waals surface area contributed by atoms with E-state index in [2.05, 4.69) is 14.9 Å². The quantitative estimate of drug-likeness (QED) is 0.903. The molecule has 0 bridgehead atoms. The van der Waals surface area contributed by atoms with Gasteiger partial charge >= 0.3 is 0 Å². The van der Waals surface area contributed by atoms with Gasteiger partial charge in [-0.15, -0.1) is 0 Å². The van der Waals surface area contributed by atoms with Crippen LogP contribution in [0.2, 0.25) is 0 Å². The highest BCUT2D eigenvalue weighted by molar-refractivity contribution is 5.25. The van der Waals surface area contributed by atoms with Crippen molar-refractivity contribution in [1.82, 2.24) is 14.9 Å². The fourth-order valence-electron chi connectivity index (χ4n) is 3.04. The summed E-state index contributed by atoms with van der Waals surface area (Å²) >= 11 is 0. The molecule has 0 amide bonds. The minimum atomic E-state index is -0.369. The Morgan fingerprint density at radius 2 is 1.91 bits per heavy atom. The smallest absolute Gasteiger partial charge is 0.144 e. The third-order valence-corrected chi connectivity index (χ3v) is 4.31. The molecule has 1 aromatic heterocycles. The average molecular weight is 298 g/mol. The van der Waals surface area contributed by atoms with Gasteiger partial charge in [-0.3, -0.25) is 4.90 Å². The summed E-state index contributed by atoms with van der Waals surface area (Å²) in [5.41, 5.74) is 6.70. The highest BCUT2D eigenvalue weighted by atomic mass is 16.3. The van der Waals surface area contributed by atoms with Crippen LogP contribution in [0.1, 0.15) is 30.3 Å². The van der Waals surface area contributed by atoms with Crippen molar-refractivity contribution in [3.63, 3.8) is 0 Å². The molecule has 1 atom stereocenters. The van der Waals surface area contributed by atoms with Crippen molar-refractivity contribution in [2.75, 3.05) is 18.8 Å². The average Bonchev–Trinajstić information content (AvgIpc) is 2.56. The van der Waals surface area contributed by atoms with Gasteiger partial charge in [-0.05, 0) is 43.5 Å². The Labute approximate surface area is 130 Å². The lowest BCUT2D eigenvalue weighted by Crippen LogP contribution is -2.35. The molecule has 22 heavy (non-hydrogen) atoms. The van der Waals surface area contributed by atoms with E-state index in [-0.39, 0.29) is 6.10 Å². The molecule has 1 aliphatic heterocycles. The highest BCUT2D eigenvalue weighted by Gasteiger charge is 2.26. The molecular formula is C17H22N4O. The van der Waals surface area contributed by atoms with Crippen molar-refractivity contribution in [3.05, 3.63) is 54.0 Å². The van der Waals surface area contributed by atoms with Gasteiger partial charge in [0.1, 0.15) is 11.6 Å². The zero-order chi connectivity index (χ0) is 15.4. The first-order chi connectivity index (χ1) is 10.7. The first kappa shape index (κ1) is 14.9. The van der Waals surface area contributed by atoms with Gasteiger partial charge in [0, 0.05) is 6.20 Å². The molecule has 3 rings (SSSR count). The minimum absolute atomic E-state index is 0.320. The number of benzene rings is 1. The number of hydrogen-bond donors (Lipinski definition) is 2. The molecule has 1 aromatic carbocycles. The van der Waals surface area contributed by atoms with E-state index >= 15 is 0 Å². The monoisotopic (exact) mass is 298 g/mol. The summed E-state index contributed by atoms with van der Waals surface area (Å²) in [7, 11) is 0. The molecule has 0 spiro atoms. The van der Waals surface area contributed by atoms with E-state index in [0.29, 0.717) is 11.7 Å². The molecule has 5 nitrogen and oxygen atoms in total. The second-order valence-corrected chi connectivity index (χ2v) is 5.87. The Morgan fingerprint density at radius 3 is 2.59 bits per heavy atom. The van der Waals surface area contributed by atoms with E-state index in [0.717, 1.165) is 43.9 Å². The number of aliphatic hydroxyl groups is 1. The number of likely N-dealkylation sites (tertiary alicyclic amines) is 1. The number of aliphatic hydroxyl groups excluding tert-OH is 1. The molecule has 0 aliphatic carbocycles. The molecule has 1 aliphatic rings. The zero-order valence-corrected chi connectivity index (χ0v) is 12.6. The van der Waals surface area contributed by atoms with Gasteiger partial charge in [0.05, 0.1) is 12.6 Å². The Hall–Kier alpha value is -1.98. The van der Waals surface area contributed by atoms with Crippen LogP contribution in [-0.4, -0.2) is 33.1 Å². The van der Waals surface area contributed by atoms with Gasteiger partial charge in [-0.1, -0.05) is 30.3 Å². The molecule has 0 saturated carbocycles. The van der Waals surface area contributed by atoms with Gasteiger partial charge in [0.2, 0.25) is 0 Å². The van der Waals surface area contributed by atoms with E-state index in [1.807, 2.05) is 30.3 Å². The molecule has 3 N–H and O–H groups in total. The summed E-state index contributed by atoms with van der Waals surface area (Å²) < 4.78 is 0. The van der Waals surface area contributed by atoms with Gasteiger partial charge in [0.15, 0.2) is 0 Å². The lowest BCUT2D eigenvalue weighted by atomic mass is 9.87. The predicted molar refractivity (Wildman–Crippen MR) is 85.8 cm³/mol. The van der Waals surface area contributed by atoms with E-state index in [1.54, 1.807) is 12.3 Å². The Morgan fingerprint density at radius 1 is 1.18 bits per heavy atom. The van der Waals surface area contributed by atoms with Crippen LogP contribution < -0.4 is 5.73 Å². The van der Waals surface area contributed by atoms with E-state index in [4.69, 9.17) is 5.73 Å². The third kappa shape index (κ3) is 3.61. The summed E-state index contributed by atoms with van der Waals surface area (Å²) in [4.78, 5) is 10.8. The molecule has 1 saturated heterocycles. The van der Waals surface area contributed by atoms with E-state index in [9.17, 15) is 5.11 Å². The Bertz CT molecular complexity index is 597. The molecule has 0 radical (unpaired) electrons. The molecule has 116 valence electrons. The predicted octanol–water partition coefficient (Wildman–Crippen LogP) is 2.00. The van der Waals surface area contributed by atoms with Gasteiger partial charge in [0.25, 0.3) is 0 Å². The van der Waals surface area contributed by atoms with Crippen LogP contribution in [0.25, 0.3) is 0 Å². The SMILES string of the molecule is Nc1ccnc(CN2CCC(C(O)c3ccccc3)CC2)n1. The number of rotatable bonds is 4. The number of nitrogen functional groups attached to an aromatic ring is 1.